The largest absolute Gasteiger partial charge is 0.481 e. The van der Waals surface area contributed by atoms with Crippen LogP contribution in [0.15, 0.2) is 18.5 Å². The van der Waals surface area contributed by atoms with Crippen LogP contribution in [-0.4, -0.2) is 28.5 Å². The van der Waals surface area contributed by atoms with Crippen LogP contribution < -0.4 is 5.32 Å². The van der Waals surface area contributed by atoms with E-state index in [4.69, 9.17) is 5.11 Å². The summed E-state index contributed by atoms with van der Waals surface area (Å²) in [5.41, 5.74) is -0.0254. The molecule has 0 aliphatic heterocycles. The Morgan fingerprint density at radius 2 is 2.14 bits per heavy atom. The number of carbonyl (C=O) groups excluding carboxylic acids is 1. The molecule has 0 bridgehead atoms. The first-order chi connectivity index (χ1) is 10.0. The third kappa shape index (κ3) is 6.33. The molecule has 1 amide bonds. The summed E-state index contributed by atoms with van der Waals surface area (Å²) in [4.78, 5) is 26.0. The minimum atomic E-state index is -0.806. The number of nitrogens with zero attached hydrogens (tertiary/aromatic N) is 1. The second-order valence-electron chi connectivity index (χ2n) is 4.99. The van der Waals surface area contributed by atoms with E-state index >= 15 is 0 Å². The van der Waals surface area contributed by atoms with E-state index in [-0.39, 0.29) is 17.9 Å². The smallest absolute Gasteiger partial charge is 0.303 e. The van der Waals surface area contributed by atoms with E-state index in [0.717, 1.165) is 19.0 Å². The summed E-state index contributed by atoms with van der Waals surface area (Å²) < 4.78 is 13.4. The fourth-order valence-electron chi connectivity index (χ4n) is 2.21. The number of halogens is 1. The SMILES string of the molecule is CCCC(CCNC(=O)c1ccncc1F)CCC(=O)O. The monoisotopic (exact) mass is 296 g/mol. The Hall–Kier alpha value is -1.98. The fourth-order valence-corrected chi connectivity index (χ4v) is 2.21. The first kappa shape index (κ1) is 17.1. The average Bonchev–Trinajstić information content (AvgIpc) is 2.45. The summed E-state index contributed by atoms with van der Waals surface area (Å²) in [5, 5.41) is 11.4. The first-order valence-electron chi connectivity index (χ1n) is 7.14. The van der Waals surface area contributed by atoms with Crippen molar-refractivity contribution in [1.82, 2.24) is 10.3 Å². The normalized spacial score (nSPS) is 11.9. The molecule has 0 aliphatic carbocycles. The number of carboxylic acid groups (broad SMARTS) is 1. The molecule has 0 radical (unpaired) electrons. The minimum absolute atomic E-state index is 0.0254. The molecule has 0 saturated carbocycles. The number of rotatable bonds is 9. The molecule has 0 saturated heterocycles. The third-order valence-electron chi connectivity index (χ3n) is 3.32. The van der Waals surface area contributed by atoms with Crippen molar-refractivity contribution < 1.29 is 19.1 Å². The number of pyridine rings is 1. The van der Waals surface area contributed by atoms with Crippen LogP contribution in [0.25, 0.3) is 0 Å². The number of aliphatic carboxylic acids is 1. The molecule has 0 fully saturated rings. The van der Waals surface area contributed by atoms with Crippen LogP contribution in [0.5, 0.6) is 0 Å². The van der Waals surface area contributed by atoms with Crippen LogP contribution in [0.1, 0.15) is 49.4 Å². The Labute approximate surface area is 123 Å². The first-order valence-corrected chi connectivity index (χ1v) is 7.14. The van der Waals surface area contributed by atoms with E-state index in [1.807, 2.05) is 6.92 Å². The number of aromatic nitrogens is 1. The van der Waals surface area contributed by atoms with Crippen LogP contribution >= 0.6 is 0 Å². The van der Waals surface area contributed by atoms with Crippen LogP contribution in [0.3, 0.4) is 0 Å². The Morgan fingerprint density at radius 3 is 2.76 bits per heavy atom. The molecule has 1 aromatic heterocycles. The fraction of sp³-hybridized carbons (Fsp3) is 0.533. The van der Waals surface area contributed by atoms with Gasteiger partial charge in [-0.1, -0.05) is 19.8 Å². The van der Waals surface area contributed by atoms with Gasteiger partial charge in [-0.3, -0.25) is 14.6 Å². The molecule has 21 heavy (non-hydrogen) atoms. The molecule has 0 aromatic carbocycles. The van der Waals surface area contributed by atoms with Crippen molar-refractivity contribution >= 4 is 11.9 Å². The maximum absolute atomic E-state index is 13.4. The van der Waals surface area contributed by atoms with E-state index in [0.29, 0.717) is 19.4 Å². The van der Waals surface area contributed by atoms with Crippen molar-refractivity contribution in [3.63, 3.8) is 0 Å². The molecule has 1 atom stereocenters. The summed E-state index contributed by atoms with van der Waals surface area (Å²) in [7, 11) is 0. The molecule has 1 rings (SSSR count). The number of hydrogen-bond donors (Lipinski definition) is 2. The number of carboxylic acids is 1. The van der Waals surface area contributed by atoms with Crippen LogP contribution in [0.2, 0.25) is 0 Å². The van der Waals surface area contributed by atoms with Crippen molar-refractivity contribution in [2.24, 2.45) is 5.92 Å². The summed E-state index contributed by atoms with van der Waals surface area (Å²) in [5.74, 6) is -1.66. The van der Waals surface area contributed by atoms with E-state index < -0.39 is 17.7 Å². The van der Waals surface area contributed by atoms with E-state index in [1.165, 1.54) is 12.3 Å². The highest BCUT2D eigenvalue weighted by Crippen LogP contribution is 2.17. The van der Waals surface area contributed by atoms with Crippen molar-refractivity contribution in [2.75, 3.05) is 6.54 Å². The number of amides is 1. The number of nitrogens with one attached hydrogen (secondary N) is 1. The van der Waals surface area contributed by atoms with Gasteiger partial charge in [-0.05, 0) is 24.8 Å². The highest BCUT2D eigenvalue weighted by Gasteiger charge is 2.13. The second kappa shape index (κ2) is 9.05. The Bertz CT molecular complexity index is 480. The van der Waals surface area contributed by atoms with Crippen LogP contribution in [0.4, 0.5) is 4.39 Å². The lowest BCUT2D eigenvalue weighted by Gasteiger charge is -2.15. The molecule has 2 N–H and O–H groups in total. The maximum atomic E-state index is 13.4. The third-order valence-corrected chi connectivity index (χ3v) is 3.32. The summed E-state index contributed by atoms with van der Waals surface area (Å²) >= 11 is 0. The second-order valence-corrected chi connectivity index (χ2v) is 4.99. The average molecular weight is 296 g/mol. The van der Waals surface area contributed by atoms with Gasteiger partial charge in [0.15, 0.2) is 5.82 Å². The number of hydrogen-bond acceptors (Lipinski definition) is 3. The zero-order valence-corrected chi connectivity index (χ0v) is 12.1. The van der Waals surface area contributed by atoms with Crippen molar-refractivity contribution in [1.29, 1.82) is 0 Å². The summed E-state index contributed by atoms with van der Waals surface area (Å²) in [6, 6.07) is 1.33. The Balaban J connectivity index is 2.41. The molecule has 1 aromatic rings. The minimum Gasteiger partial charge on any atom is -0.481 e. The lowest BCUT2D eigenvalue weighted by atomic mass is 9.94. The molecule has 116 valence electrons. The summed E-state index contributed by atoms with van der Waals surface area (Å²) in [6.07, 6.45) is 5.69. The van der Waals surface area contributed by atoms with Gasteiger partial charge in [0.2, 0.25) is 0 Å². The highest BCUT2D eigenvalue weighted by atomic mass is 19.1. The van der Waals surface area contributed by atoms with Gasteiger partial charge < -0.3 is 10.4 Å². The van der Waals surface area contributed by atoms with Gasteiger partial charge in [-0.25, -0.2) is 4.39 Å². The van der Waals surface area contributed by atoms with Gasteiger partial charge in [-0.15, -0.1) is 0 Å². The topological polar surface area (TPSA) is 79.3 Å². The van der Waals surface area contributed by atoms with E-state index in [9.17, 15) is 14.0 Å². The predicted octanol–water partition coefficient (Wildman–Crippen LogP) is 2.62. The van der Waals surface area contributed by atoms with Crippen LogP contribution in [0, 0.1) is 11.7 Å². The lowest BCUT2D eigenvalue weighted by molar-refractivity contribution is -0.137. The van der Waals surface area contributed by atoms with Gasteiger partial charge in [0.25, 0.3) is 5.91 Å². The highest BCUT2D eigenvalue weighted by molar-refractivity contribution is 5.94. The number of carbonyl (C=O) groups is 2. The van der Waals surface area contributed by atoms with Crippen LogP contribution in [-0.2, 0) is 4.79 Å². The molecule has 0 spiro atoms. The predicted molar refractivity (Wildman–Crippen MR) is 76.4 cm³/mol. The van der Waals surface area contributed by atoms with Crippen molar-refractivity contribution in [3.8, 4) is 0 Å². The molecular weight excluding hydrogens is 275 g/mol. The zero-order valence-electron chi connectivity index (χ0n) is 12.1. The quantitative estimate of drug-likeness (QED) is 0.734. The van der Waals surface area contributed by atoms with Crippen molar-refractivity contribution in [3.05, 3.63) is 29.8 Å². The molecule has 0 aliphatic rings. The molecule has 6 heteroatoms. The zero-order chi connectivity index (χ0) is 15.7. The Morgan fingerprint density at radius 1 is 1.38 bits per heavy atom. The standard InChI is InChI=1S/C15H21FN2O3/c1-2-3-11(4-5-14(19)20)6-9-18-15(21)12-7-8-17-10-13(12)16/h7-8,10-11H,2-6,9H2,1H3,(H,18,21)(H,19,20). The van der Waals surface area contributed by atoms with Gasteiger partial charge >= 0.3 is 5.97 Å². The molecule has 1 heterocycles. The van der Waals surface area contributed by atoms with Gasteiger partial charge in [-0.2, -0.15) is 0 Å². The van der Waals surface area contributed by atoms with E-state index in [1.54, 1.807) is 0 Å². The summed E-state index contributed by atoms with van der Waals surface area (Å²) in [6.45, 7) is 2.45. The van der Waals surface area contributed by atoms with E-state index in [2.05, 4.69) is 10.3 Å². The molecule has 5 nitrogen and oxygen atoms in total. The Kier molecular flexibility index (Phi) is 7.36. The van der Waals surface area contributed by atoms with Crippen molar-refractivity contribution in [2.45, 2.75) is 39.0 Å². The lowest BCUT2D eigenvalue weighted by Crippen LogP contribution is -2.27. The molecule has 1 unspecified atom stereocenters. The van der Waals surface area contributed by atoms with Gasteiger partial charge in [0, 0.05) is 19.2 Å². The molecular formula is C15H21FN2O3. The van der Waals surface area contributed by atoms with Gasteiger partial charge in [0.05, 0.1) is 11.8 Å². The van der Waals surface area contributed by atoms with Gasteiger partial charge in [0.1, 0.15) is 0 Å². The maximum Gasteiger partial charge on any atom is 0.303 e.